The third-order valence-corrected chi connectivity index (χ3v) is 4.93. The molecule has 0 atom stereocenters. The molecule has 0 aliphatic heterocycles. The molecule has 0 saturated carbocycles. The Morgan fingerprint density at radius 3 is 1.52 bits per heavy atom. The lowest BCUT2D eigenvalue weighted by molar-refractivity contribution is 0.193. The van der Waals surface area contributed by atoms with Crippen molar-refractivity contribution in [1.29, 1.82) is 0 Å². The van der Waals surface area contributed by atoms with Crippen LogP contribution < -0.4 is 0 Å². The van der Waals surface area contributed by atoms with Crippen LogP contribution in [0.4, 0.5) is 0 Å². The zero-order valence-electron chi connectivity index (χ0n) is 16.3. The van der Waals surface area contributed by atoms with Crippen LogP contribution in [0.1, 0.15) is 110 Å². The molecule has 150 valence electrons. The molecular weight excluding hydrogens is 335 g/mol. The third-order valence-electron chi connectivity index (χ3n) is 4.42. The van der Waals surface area contributed by atoms with Gasteiger partial charge in [0.2, 0.25) is 0 Å². The fourth-order valence-corrected chi connectivity index (χ4v) is 3.25. The molecule has 0 aromatic heterocycles. The topological polar surface area (TPSA) is 66.8 Å². The maximum absolute atomic E-state index is 10.5. The number of phosphoric acid groups is 1. The third kappa shape index (κ3) is 23.9. The van der Waals surface area contributed by atoms with Crippen LogP contribution in [0.25, 0.3) is 0 Å². The van der Waals surface area contributed by atoms with Crippen molar-refractivity contribution in [3.8, 4) is 0 Å². The van der Waals surface area contributed by atoms with Gasteiger partial charge in [-0.3, -0.25) is 4.52 Å². The molecule has 4 nitrogen and oxygen atoms in total. The van der Waals surface area contributed by atoms with E-state index in [4.69, 9.17) is 9.79 Å². The predicted octanol–water partition coefficient (Wildman–Crippen LogP) is 6.91. The summed E-state index contributed by atoms with van der Waals surface area (Å²) in [6, 6.07) is 0. The van der Waals surface area contributed by atoms with Gasteiger partial charge in [-0.05, 0) is 32.1 Å². The summed E-state index contributed by atoms with van der Waals surface area (Å²) in [5, 5.41) is 0. The first-order valence-corrected chi connectivity index (χ1v) is 11.9. The highest BCUT2D eigenvalue weighted by molar-refractivity contribution is 7.46. The van der Waals surface area contributed by atoms with Crippen molar-refractivity contribution in [3.05, 3.63) is 12.2 Å². The fourth-order valence-electron chi connectivity index (χ4n) is 2.89. The van der Waals surface area contributed by atoms with Crippen LogP contribution >= 0.6 is 7.82 Å². The van der Waals surface area contributed by atoms with Gasteiger partial charge < -0.3 is 9.79 Å². The molecule has 25 heavy (non-hydrogen) atoms. The minimum Gasteiger partial charge on any atom is -0.303 e. The molecule has 0 amide bonds. The summed E-state index contributed by atoms with van der Waals surface area (Å²) in [4.78, 5) is 17.1. The van der Waals surface area contributed by atoms with Gasteiger partial charge in [-0.2, -0.15) is 0 Å². The molecule has 2 N–H and O–H groups in total. The molecule has 0 bridgehead atoms. The van der Waals surface area contributed by atoms with Crippen LogP contribution in [-0.4, -0.2) is 16.4 Å². The minimum atomic E-state index is -4.26. The summed E-state index contributed by atoms with van der Waals surface area (Å²) in [6.45, 7) is 2.42. The van der Waals surface area contributed by atoms with Crippen LogP contribution in [0.15, 0.2) is 12.2 Å². The van der Waals surface area contributed by atoms with Crippen molar-refractivity contribution < 1.29 is 18.9 Å². The van der Waals surface area contributed by atoms with Crippen molar-refractivity contribution in [1.82, 2.24) is 0 Å². The van der Waals surface area contributed by atoms with Gasteiger partial charge in [0, 0.05) is 0 Å². The van der Waals surface area contributed by atoms with Gasteiger partial charge in [-0.1, -0.05) is 89.7 Å². The van der Waals surface area contributed by atoms with Crippen molar-refractivity contribution >= 4 is 7.82 Å². The normalized spacial score (nSPS) is 12.3. The van der Waals surface area contributed by atoms with Crippen molar-refractivity contribution in [2.75, 3.05) is 6.61 Å². The first-order chi connectivity index (χ1) is 12.1. The molecule has 0 rings (SSSR count). The van der Waals surface area contributed by atoms with Gasteiger partial charge in [0.15, 0.2) is 0 Å². The highest BCUT2D eigenvalue weighted by Crippen LogP contribution is 2.35. The Balaban J connectivity index is 3.11. The van der Waals surface area contributed by atoms with E-state index in [0.29, 0.717) is 0 Å². The number of allylic oxidation sites excluding steroid dienone is 2. The maximum atomic E-state index is 10.5. The van der Waals surface area contributed by atoms with E-state index < -0.39 is 7.82 Å². The second kappa shape index (κ2) is 18.6. The standard InChI is InChI=1S/C20H41O4P/c1-2-3-4-5-6-7-8-9-10-11-12-13-14-15-16-17-18-19-20-24-25(21,22)23/h9-10H,2-8,11-20H2,1H3,(H2,21,22,23)/b10-9-. The molecule has 0 unspecified atom stereocenters. The largest absolute Gasteiger partial charge is 0.469 e. The Kier molecular flexibility index (Phi) is 18.5. The van der Waals surface area contributed by atoms with E-state index >= 15 is 0 Å². The smallest absolute Gasteiger partial charge is 0.303 e. The second-order valence-electron chi connectivity index (χ2n) is 6.97. The summed E-state index contributed by atoms with van der Waals surface area (Å²) in [5.41, 5.74) is 0. The maximum Gasteiger partial charge on any atom is 0.469 e. The molecule has 0 aromatic rings. The molecule has 0 aliphatic rings. The molecule has 0 fully saturated rings. The number of rotatable bonds is 19. The van der Waals surface area contributed by atoms with Crippen molar-refractivity contribution in [3.63, 3.8) is 0 Å². The van der Waals surface area contributed by atoms with E-state index in [1.807, 2.05) is 0 Å². The molecule has 0 aliphatic carbocycles. The predicted molar refractivity (Wildman–Crippen MR) is 107 cm³/mol. The lowest BCUT2D eigenvalue weighted by Gasteiger charge is -2.04. The van der Waals surface area contributed by atoms with E-state index in [1.54, 1.807) is 0 Å². The summed E-state index contributed by atoms with van der Waals surface area (Å²) >= 11 is 0. The van der Waals surface area contributed by atoms with E-state index in [1.165, 1.54) is 83.5 Å². The van der Waals surface area contributed by atoms with Gasteiger partial charge in [-0.15, -0.1) is 0 Å². The number of hydrogen-bond donors (Lipinski definition) is 2. The summed E-state index contributed by atoms with van der Waals surface area (Å²) in [5.74, 6) is 0. The Labute approximate surface area is 155 Å². The van der Waals surface area contributed by atoms with E-state index in [-0.39, 0.29) is 6.61 Å². The molecule has 0 aromatic carbocycles. The molecule has 5 heteroatoms. The zero-order valence-corrected chi connectivity index (χ0v) is 17.2. The average Bonchev–Trinajstić information content (AvgIpc) is 2.56. The van der Waals surface area contributed by atoms with Crippen LogP contribution in [0, 0.1) is 0 Å². The van der Waals surface area contributed by atoms with Gasteiger partial charge >= 0.3 is 7.82 Å². The van der Waals surface area contributed by atoms with Gasteiger partial charge in [0.1, 0.15) is 0 Å². The first kappa shape index (κ1) is 24.8. The van der Waals surface area contributed by atoms with Gasteiger partial charge in [0.25, 0.3) is 0 Å². The fraction of sp³-hybridized carbons (Fsp3) is 0.900. The zero-order chi connectivity index (χ0) is 18.6. The lowest BCUT2D eigenvalue weighted by Crippen LogP contribution is -1.92. The molecule has 0 heterocycles. The van der Waals surface area contributed by atoms with Crippen LogP contribution in [0.2, 0.25) is 0 Å². The monoisotopic (exact) mass is 376 g/mol. The number of unbranched alkanes of at least 4 members (excludes halogenated alkanes) is 14. The van der Waals surface area contributed by atoms with Crippen LogP contribution in [0.5, 0.6) is 0 Å². The lowest BCUT2D eigenvalue weighted by atomic mass is 10.1. The number of phosphoric ester groups is 1. The van der Waals surface area contributed by atoms with Crippen LogP contribution in [0.3, 0.4) is 0 Å². The summed E-state index contributed by atoms with van der Waals surface area (Å²) < 4.78 is 14.9. The number of hydrogen-bond acceptors (Lipinski definition) is 2. The SMILES string of the molecule is CCCCCCCC/C=C\CCCCCCCCCCOP(=O)(O)O. The summed E-state index contributed by atoms with van der Waals surface area (Å²) in [7, 11) is -4.26. The van der Waals surface area contributed by atoms with E-state index in [9.17, 15) is 4.57 Å². The quantitative estimate of drug-likeness (QED) is 0.146. The molecule has 0 saturated heterocycles. The van der Waals surface area contributed by atoms with Crippen molar-refractivity contribution in [2.45, 2.75) is 110 Å². The first-order valence-electron chi connectivity index (χ1n) is 10.4. The Morgan fingerprint density at radius 1 is 0.680 bits per heavy atom. The van der Waals surface area contributed by atoms with Gasteiger partial charge in [0.05, 0.1) is 6.61 Å². The Morgan fingerprint density at radius 2 is 1.08 bits per heavy atom. The minimum absolute atomic E-state index is 0.162. The Hall–Kier alpha value is -0.150. The van der Waals surface area contributed by atoms with Crippen LogP contribution in [-0.2, 0) is 9.09 Å². The second-order valence-corrected chi connectivity index (χ2v) is 8.21. The molecule has 0 radical (unpaired) electrons. The molecule has 0 spiro atoms. The van der Waals surface area contributed by atoms with E-state index in [0.717, 1.165) is 19.3 Å². The van der Waals surface area contributed by atoms with Gasteiger partial charge in [-0.25, -0.2) is 4.57 Å². The highest BCUT2D eigenvalue weighted by Gasteiger charge is 2.12. The Bertz CT molecular complexity index is 339. The average molecular weight is 377 g/mol. The summed E-state index contributed by atoms with van der Waals surface area (Å²) in [6.07, 6.45) is 24.7. The van der Waals surface area contributed by atoms with E-state index in [2.05, 4.69) is 23.6 Å². The highest BCUT2D eigenvalue weighted by atomic mass is 31.2. The molecular formula is C20H41O4P. The van der Waals surface area contributed by atoms with Crippen molar-refractivity contribution in [2.24, 2.45) is 0 Å².